The first kappa shape index (κ1) is 14.3. The molecule has 0 radical (unpaired) electrons. The van der Waals surface area contributed by atoms with E-state index in [1.165, 1.54) is 0 Å². The lowest BCUT2D eigenvalue weighted by molar-refractivity contribution is -0.147. The molecule has 0 saturated carbocycles. The highest BCUT2D eigenvalue weighted by Crippen LogP contribution is 2.31. The Bertz CT molecular complexity index is 501. The molecule has 0 aromatic heterocycles. The van der Waals surface area contributed by atoms with Crippen LogP contribution in [0.2, 0.25) is 0 Å². The molecule has 2 unspecified atom stereocenters. The molecule has 0 spiro atoms. The van der Waals surface area contributed by atoms with Crippen molar-refractivity contribution in [3.05, 3.63) is 48.6 Å². The number of ether oxygens (including phenoxy) is 4. The smallest absolute Gasteiger partial charge is 0.330 e. The molecule has 0 bridgehead atoms. The minimum atomic E-state index is -0.457. The van der Waals surface area contributed by atoms with Crippen molar-refractivity contribution in [3.8, 4) is 0 Å². The van der Waals surface area contributed by atoms with Crippen LogP contribution in [0.25, 0.3) is 0 Å². The van der Waals surface area contributed by atoms with Gasteiger partial charge in [-0.25, -0.2) is 4.79 Å². The summed E-state index contributed by atoms with van der Waals surface area (Å²) >= 11 is 0. The van der Waals surface area contributed by atoms with Gasteiger partial charge in [-0.1, -0.05) is 36.9 Å². The van der Waals surface area contributed by atoms with Crippen LogP contribution in [-0.2, 0) is 30.3 Å². The van der Waals surface area contributed by atoms with Crippen LogP contribution in [0.4, 0.5) is 0 Å². The number of hydrogen-bond acceptors (Lipinski definition) is 5. The van der Waals surface area contributed by atoms with E-state index >= 15 is 0 Å². The highest BCUT2D eigenvalue weighted by atomic mass is 16.7. The van der Waals surface area contributed by atoms with Gasteiger partial charge in [-0.15, -0.1) is 0 Å². The molecule has 0 amide bonds. The van der Waals surface area contributed by atoms with Crippen molar-refractivity contribution < 1.29 is 23.7 Å². The minimum Gasteiger partial charge on any atom is -0.454 e. The van der Waals surface area contributed by atoms with Gasteiger partial charge in [0.05, 0.1) is 19.8 Å². The predicted molar refractivity (Wildman–Crippen MR) is 74.6 cm³/mol. The first-order chi connectivity index (χ1) is 10.3. The van der Waals surface area contributed by atoms with Gasteiger partial charge in [-0.3, -0.25) is 0 Å². The van der Waals surface area contributed by atoms with Gasteiger partial charge in [0.2, 0.25) is 0 Å². The molecule has 2 aliphatic heterocycles. The van der Waals surface area contributed by atoms with Crippen molar-refractivity contribution in [1.82, 2.24) is 0 Å². The SMILES string of the molecule is C=CC(=O)O[C@@H]1COC2C1OC[C@@H]2OCc1ccccc1. The van der Waals surface area contributed by atoms with Crippen molar-refractivity contribution in [2.75, 3.05) is 13.2 Å². The van der Waals surface area contributed by atoms with E-state index in [1.54, 1.807) is 0 Å². The molecule has 3 rings (SSSR count). The van der Waals surface area contributed by atoms with Crippen LogP contribution in [0.1, 0.15) is 5.56 Å². The highest BCUT2D eigenvalue weighted by molar-refractivity contribution is 5.81. The van der Waals surface area contributed by atoms with Gasteiger partial charge >= 0.3 is 5.97 Å². The minimum absolute atomic E-state index is 0.136. The standard InChI is InChI=1S/C16H18O5/c1-2-14(17)21-13-10-20-15-12(9-19-16(13)15)18-8-11-6-4-3-5-7-11/h2-7,12-13,15-16H,1,8-10H2/t12-,13+,15?,16?/m0/s1. The van der Waals surface area contributed by atoms with E-state index in [-0.39, 0.29) is 24.4 Å². The monoisotopic (exact) mass is 290 g/mol. The number of carbonyl (C=O) groups excluding carboxylic acids is 1. The molecular formula is C16H18O5. The molecule has 2 heterocycles. The fraction of sp³-hybridized carbons (Fsp3) is 0.438. The maximum Gasteiger partial charge on any atom is 0.330 e. The summed E-state index contributed by atoms with van der Waals surface area (Å²) in [5.41, 5.74) is 1.11. The zero-order chi connectivity index (χ0) is 14.7. The zero-order valence-corrected chi connectivity index (χ0v) is 11.6. The van der Waals surface area contributed by atoms with Gasteiger partial charge in [0.1, 0.15) is 18.3 Å². The predicted octanol–water partition coefficient (Wildman–Crippen LogP) is 1.47. The van der Waals surface area contributed by atoms with Gasteiger partial charge in [0.15, 0.2) is 6.10 Å². The van der Waals surface area contributed by atoms with Crippen molar-refractivity contribution in [2.24, 2.45) is 0 Å². The topological polar surface area (TPSA) is 54.0 Å². The van der Waals surface area contributed by atoms with E-state index in [2.05, 4.69) is 6.58 Å². The Kier molecular flexibility index (Phi) is 4.34. The van der Waals surface area contributed by atoms with Crippen LogP contribution in [0.15, 0.2) is 43.0 Å². The summed E-state index contributed by atoms with van der Waals surface area (Å²) in [5, 5.41) is 0. The summed E-state index contributed by atoms with van der Waals surface area (Å²) in [6.07, 6.45) is 0.186. The number of esters is 1. The van der Waals surface area contributed by atoms with Gasteiger partial charge in [0.25, 0.3) is 0 Å². The molecule has 2 saturated heterocycles. The van der Waals surface area contributed by atoms with Gasteiger partial charge in [-0.2, -0.15) is 0 Å². The van der Waals surface area contributed by atoms with Gasteiger partial charge in [0, 0.05) is 6.08 Å². The first-order valence-electron chi connectivity index (χ1n) is 6.99. The third-order valence-electron chi connectivity index (χ3n) is 3.70. The summed E-state index contributed by atoms with van der Waals surface area (Å²) in [6, 6.07) is 9.94. The second kappa shape index (κ2) is 6.39. The largest absolute Gasteiger partial charge is 0.454 e. The molecule has 0 N–H and O–H groups in total. The van der Waals surface area contributed by atoms with E-state index < -0.39 is 5.97 Å². The molecule has 4 atom stereocenters. The maximum absolute atomic E-state index is 11.3. The third kappa shape index (κ3) is 3.15. The first-order valence-corrected chi connectivity index (χ1v) is 6.99. The molecule has 1 aromatic carbocycles. The Morgan fingerprint density at radius 3 is 2.57 bits per heavy atom. The van der Waals surface area contributed by atoms with E-state index in [1.807, 2.05) is 30.3 Å². The zero-order valence-electron chi connectivity index (χ0n) is 11.6. The van der Waals surface area contributed by atoms with Crippen LogP contribution >= 0.6 is 0 Å². The fourth-order valence-electron chi connectivity index (χ4n) is 2.65. The maximum atomic E-state index is 11.3. The number of fused-ring (bicyclic) bond motifs is 1. The Morgan fingerprint density at radius 1 is 1.19 bits per heavy atom. The van der Waals surface area contributed by atoms with Crippen LogP contribution in [0.5, 0.6) is 0 Å². The molecule has 2 aliphatic rings. The van der Waals surface area contributed by atoms with Gasteiger partial charge in [-0.05, 0) is 5.56 Å². The summed E-state index contributed by atoms with van der Waals surface area (Å²) in [4.78, 5) is 11.3. The summed E-state index contributed by atoms with van der Waals surface area (Å²) in [6.45, 7) is 4.68. The average Bonchev–Trinajstić information content (AvgIpc) is 3.09. The van der Waals surface area contributed by atoms with E-state index in [9.17, 15) is 4.79 Å². The van der Waals surface area contributed by atoms with Crippen molar-refractivity contribution in [3.63, 3.8) is 0 Å². The quantitative estimate of drug-likeness (QED) is 0.607. The van der Waals surface area contributed by atoms with E-state index in [0.717, 1.165) is 11.6 Å². The lowest BCUT2D eigenvalue weighted by Crippen LogP contribution is -2.34. The lowest BCUT2D eigenvalue weighted by atomic mass is 10.1. The summed E-state index contributed by atoms with van der Waals surface area (Å²) in [7, 11) is 0. The Labute approximate surface area is 123 Å². The van der Waals surface area contributed by atoms with Crippen molar-refractivity contribution >= 4 is 5.97 Å². The number of benzene rings is 1. The van der Waals surface area contributed by atoms with Crippen LogP contribution in [0.3, 0.4) is 0 Å². The molecule has 5 heteroatoms. The average molecular weight is 290 g/mol. The molecule has 5 nitrogen and oxygen atoms in total. The molecule has 2 fully saturated rings. The Balaban J connectivity index is 1.54. The highest BCUT2D eigenvalue weighted by Gasteiger charge is 2.49. The fourth-order valence-corrected chi connectivity index (χ4v) is 2.65. The second-order valence-corrected chi connectivity index (χ2v) is 5.11. The molecule has 21 heavy (non-hydrogen) atoms. The van der Waals surface area contributed by atoms with Crippen LogP contribution in [-0.4, -0.2) is 43.6 Å². The van der Waals surface area contributed by atoms with E-state index in [0.29, 0.717) is 19.8 Å². The number of hydrogen-bond donors (Lipinski definition) is 0. The molecule has 0 aliphatic carbocycles. The molecule has 1 aromatic rings. The lowest BCUT2D eigenvalue weighted by Gasteiger charge is -2.17. The van der Waals surface area contributed by atoms with Crippen LogP contribution in [0, 0.1) is 0 Å². The second-order valence-electron chi connectivity index (χ2n) is 5.11. The van der Waals surface area contributed by atoms with Gasteiger partial charge < -0.3 is 18.9 Å². The Morgan fingerprint density at radius 2 is 1.86 bits per heavy atom. The summed E-state index contributed by atoms with van der Waals surface area (Å²) < 4.78 is 22.4. The third-order valence-corrected chi connectivity index (χ3v) is 3.70. The van der Waals surface area contributed by atoms with E-state index in [4.69, 9.17) is 18.9 Å². The van der Waals surface area contributed by atoms with Crippen LogP contribution < -0.4 is 0 Å². The van der Waals surface area contributed by atoms with Crippen molar-refractivity contribution in [2.45, 2.75) is 31.0 Å². The number of rotatable bonds is 5. The normalized spacial score (nSPS) is 30.9. The summed E-state index contributed by atoms with van der Waals surface area (Å²) in [5.74, 6) is -0.457. The Hall–Kier alpha value is -1.69. The molecular weight excluding hydrogens is 272 g/mol. The van der Waals surface area contributed by atoms with Crippen molar-refractivity contribution in [1.29, 1.82) is 0 Å². The molecule has 112 valence electrons. The number of carbonyl (C=O) groups is 1.